The number of rotatable bonds is 7. The Morgan fingerprint density at radius 3 is 2.56 bits per heavy atom. The van der Waals surface area contributed by atoms with Gasteiger partial charge in [0, 0.05) is 5.02 Å². The monoisotopic (exact) mass is 470 g/mol. The summed E-state index contributed by atoms with van der Waals surface area (Å²) in [5.41, 5.74) is 4.14. The zero-order chi connectivity index (χ0) is 23.1. The number of nitrogens with one attached hydrogen (secondary N) is 1. The van der Waals surface area contributed by atoms with Crippen molar-refractivity contribution in [2.75, 3.05) is 0 Å². The standard InChI is InChI=1S/C24H20Cl2N2O4/c1-15-12-18(25)10-11-22(15)31-16(2)23(29)28-27-14-17-6-5-7-19(13-17)32-24(30)20-8-3-4-9-21(20)26/h3-14,16H,1-2H3,(H,28,29). The van der Waals surface area contributed by atoms with Crippen LogP contribution in [0, 0.1) is 6.92 Å². The smallest absolute Gasteiger partial charge is 0.345 e. The van der Waals surface area contributed by atoms with Crippen LogP contribution in [-0.4, -0.2) is 24.2 Å². The number of carbonyl (C=O) groups excluding carboxylic acids is 2. The number of carbonyl (C=O) groups is 2. The van der Waals surface area contributed by atoms with Crippen LogP contribution in [0.25, 0.3) is 0 Å². The van der Waals surface area contributed by atoms with Gasteiger partial charge in [-0.1, -0.05) is 47.5 Å². The Balaban J connectivity index is 1.57. The molecule has 0 aliphatic carbocycles. The number of ether oxygens (including phenoxy) is 2. The lowest BCUT2D eigenvalue weighted by Gasteiger charge is -2.14. The van der Waals surface area contributed by atoms with E-state index in [1.807, 2.05) is 6.92 Å². The van der Waals surface area contributed by atoms with Gasteiger partial charge in [0.2, 0.25) is 0 Å². The number of hydrogen-bond acceptors (Lipinski definition) is 5. The summed E-state index contributed by atoms with van der Waals surface area (Å²) in [7, 11) is 0. The van der Waals surface area contributed by atoms with Crippen molar-refractivity contribution >= 4 is 41.3 Å². The third-order valence-corrected chi connectivity index (χ3v) is 4.93. The molecule has 3 aromatic rings. The molecule has 32 heavy (non-hydrogen) atoms. The van der Waals surface area contributed by atoms with Gasteiger partial charge in [-0.05, 0) is 67.4 Å². The molecule has 1 unspecified atom stereocenters. The molecule has 0 aliphatic heterocycles. The van der Waals surface area contributed by atoms with E-state index in [1.54, 1.807) is 73.7 Å². The first-order chi connectivity index (χ1) is 15.3. The summed E-state index contributed by atoms with van der Waals surface area (Å²) in [4.78, 5) is 24.6. The van der Waals surface area contributed by atoms with Crippen LogP contribution < -0.4 is 14.9 Å². The summed E-state index contributed by atoms with van der Waals surface area (Å²) >= 11 is 12.0. The van der Waals surface area contributed by atoms with Crippen molar-refractivity contribution in [1.82, 2.24) is 5.43 Å². The first-order valence-corrected chi connectivity index (χ1v) is 10.4. The normalized spacial score (nSPS) is 11.8. The van der Waals surface area contributed by atoms with E-state index >= 15 is 0 Å². The molecule has 6 nitrogen and oxygen atoms in total. The molecule has 0 aliphatic rings. The summed E-state index contributed by atoms with van der Waals surface area (Å²) in [5, 5.41) is 4.85. The zero-order valence-electron chi connectivity index (χ0n) is 17.3. The van der Waals surface area contributed by atoms with Crippen molar-refractivity contribution < 1.29 is 19.1 Å². The molecule has 0 aromatic heterocycles. The molecule has 1 amide bonds. The molecule has 164 valence electrons. The summed E-state index contributed by atoms with van der Waals surface area (Å²) in [6, 6.07) is 18.5. The molecular formula is C24H20Cl2N2O4. The molecule has 3 aromatic carbocycles. The maximum atomic E-state index is 12.3. The highest BCUT2D eigenvalue weighted by Gasteiger charge is 2.15. The SMILES string of the molecule is Cc1cc(Cl)ccc1OC(C)C(=O)NN=Cc1cccc(OC(=O)c2ccccc2Cl)c1. The van der Waals surface area contributed by atoms with E-state index in [0.717, 1.165) is 5.56 Å². The molecule has 0 saturated carbocycles. The van der Waals surface area contributed by atoms with Crippen molar-refractivity contribution in [3.8, 4) is 11.5 Å². The molecule has 0 saturated heterocycles. The maximum absolute atomic E-state index is 12.3. The van der Waals surface area contributed by atoms with Gasteiger partial charge in [-0.25, -0.2) is 10.2 Å². The van der Waals surface area contributed by atoms with Gasteiger partial charge in [0.25, 0.3) is 5.91 Å². The van der Waals surface area contributed by atoms with E-state index in [2.05, 4.69) is 10.5 Å². The fourth-order valence-electron chi connectivity index (χ4n) is 2.70. The fraction of sp³-hybridized carbons (Fsp3) is 0.125. The van der Waals surface area contributed by atoms with Crippen LogP contribution in [0.2, 0.25) is 10.0 Å². The van der Waals surface area contributed by atoms with E-state index in [4.69, 9.17) is 32.7 Å². The van der Waals surface area contributed by atoms with Crippen LogP contribution in [-0.2, 0) is 4.79 Å². The van der Waals surface area contributed by atoms with Gasteiger partial charge in [0.1, 0.15) is 11.5 Å². The number of amides is 1. The van der Waals surface area contributed by atoms with Crippen LogP contribution in [0.15, 0.2) is 71.8 Å². The van der Waals surface area contributed by atoms with Crippen LogP contribution in [0.5, 0.6) is 11.5 Å². The molecule has 0 spiro atoms. The highest BCUT2D eigenvalue weighted by atomic mass is 35.5. The summed E-state index contributed by atoms with van der Waals surface area (Å²) in [6.07, 6.45) is 0.667. The van der Waals surface area contributed by atoms with Crippen molar-refractivity contribution in [3.05, 3.63) is 93.5 Å². The van der Waals surface area contributed by atoms with Gasteiger partial charge in [0.05, 0.1) is 16.8 Å². The van der Waals surface area contributed by atoms with Crippen molar-refractivity contribution in [1.29, 1.82) is 0 Å². The van der Waals surface area contributed by atoms with E-state index < -0.39 is 18.0 Å². The Morgan fingerprint density at radius 1 is 1.03 bits per heavy atom. The molecular weight excluding hydrogens is 451 g/mol. The van der Waals surface area contributed by atoms with Gasteiger partial charge in [-0.15, -0.1) is 0 Å². The predicted octanol–water partition coefficient (Wildman–Crippen LogP) is 5.44. The molecule has 1 atom stereocenters. The van der Waals surface area contributed by atoms with Gasteiger partial charge in [-0.2, -0.15) is 5.10 Å². The van der Waals surface area contributed by atoms with Crippen LogP contribution in [0.4, 0.5) is 0 Å². The summed E-state index contributed by atoms with van der Waals surface area (Å²) < 4.78 is 11.0. The van der Waals surface area contributed by atoms with E-state index in [0.29, 0.717) is 27.1 Å². The molecule has 1 N–H and O–H groups in total. The second-order valence-corrected chi connectivity index (χ2v) is 7.69. The highest BCUT2D eigenvalue weighted by molar-refractivity contribution is 6.33. The number of benzene rings is 3. The summed E-state index contributed by atoms with van der Waals surface area (Å²) in [5.74, 6) is -0.104. The number of halogens is 2. The molecule has 8 heteroatoms. The molecule has 3 rings (SSSR count). The second kappa shape index (κ2) is 10.8. The first kappa shape index (κ1) is 23.3. The average molecular weight is 471 g/mol. The zero-order valence-corrected chi connectivity index (χ0v) is 18.9. The Labute approximate surface area is 195 Å². The highest BCUT2D eigenvalue weighted by Crippen LogP contribution is 2.23. The molecule has 0 radical (unpaired) electrons. The van der Waals surface area contributed by atoms with Gasteiger partial charge >= 0.3 is 5.97 Å². The van der Waals surface area contributed by atoms with E-state index in [9.17, 15) is 9.59 Å². The minimum atomic E-state index is -0.769. The molecule has 0 fully saturated rings. The Morgan fingerprint density at radius 2 is 1.81 bits per heavy atom. The number of nitrogens with zero attached hydrogens (tertiary/aromatic N) is 1. The van der Waals surface area contributed by atoms with Crippen molar-refractivity contribution in [2.45, 2.75) is 20.0 Å². The fourth-order valence-corrected chi connectivity index (χ4v) is 3.14. The quantitative estimate of drug-likeness (QED) is 0.216. The van der Waals surface area contributed by atoms with Gasteiger partial charge in [-0.3, -0.25) is 4.79 Å². The maximum Gasteiger partial charge on any atom is 0.345 e. The molecule has 0 heterocycles. The van der Waals surface area contributed by atoms with Gasteiger partial charge < -0.3 is 9.47 Å². The third kappa shape index (κ3) is 6.33. The largest absolute Gasteiger partial charge is 0.481 e. The third-order valence-electron chi connectivity index (χ3n) is 4.36. The Hall–Kier alpha value is -3.35. The number of hydrogen-bond donors (Lipinski definition) is 1. The number of aryl methyl sites for hydroxylation is 1. The second-order valence-electron chi connectivity index (χ2n) is 6.85. The van der Waals surface area contributed by atoms with Crippen LogP contribution in [0.1, 0.15) is 28.4 Å². The topological polar surface area (TPSA) is 77.0 Å². The molecule has 0 bridgehead atoms. The van der Waals surface area contributed by atoms with E-state index in [-0.39, 0.29) is 5.56 Å². The Kier molecular flexibility index (Phi) is 7.87. The number of esters is 1. The lowest BCUT2D eigenvalue weighted by molar-refractivity contribution is -0.127. The van der Waals surface area contributed by atoms with Crippen molar-refractivity contribution in [2.24, 2.45) is 5.10 Å². The number of hydrazone groups is 1. The average Bonchev–Trinajstić information content (AvgIpc) is 2.76. The van der Waals surface area contributed by atoms with Crippen LogP contribution >= 0.6 is 23.2 Å². The lowest BCUT2D eigenvalue weighted by atomic mass is 10.2. The van der Waals surface area contributed by atoms with Crippen LogP contribution in [0.3, 0.4) is 0 Å². The predicted molar refractivity (Wildman–Crippen MR) is 125 cm³/mol. The van der Waals surface area contributed by atoms with Crippen molar-refractivity contribution in [3.63, 3.8) is 0 Å². The van der Waals surface area contributed by atoms with E-state index in [1.165, 1.54) is 6.21 Å². The summed E-state index contributed by atoms with van der Waals surface area (Å²) in [6.45, 7) is 3.46. The first-order valence-electron chi connectivity index (χ1n) is 9.66. The minimum absolute atomic E-state index is 0.269. The van der Waals surface area contributed by atoms with Gasteiger partial charge in [0.15, 0.2) is 6.10 Å². The lowest BCUT2D eigenvalue weighted by Crippen LogP contribution is -2.33. The minimum Gasteiger partial charge on any atom is -0.481 e. The Bertz CT molecular complexity index is 1160.